The largest absolute Gasteiger partial charge is 0.530 e. The van der Waals surface area contributed by atoms with Crippen LogP contribution in [0.15, 0.2) is 36.4 Å². The standard InChI is InChI=1S/C28H35ClN2O3/c1-17(2)34-23-13-20(12-22(29)14-23)19-5-6-24-21(11-19)15-28(3,4)26(24)31(27(32)33)25-16-30-9-7-18(25)8-10-30/h5-6,11-14,17-18,25-26H,7-10,15-16H2,1-4H3,(H,32,33)/p-1/t25-,26+/m1/s1. The Morgan fingerprint density at radius 1 is 1.15 bits per heavy atom. The normalized spacial score (nSPS) is 27.0. The van der Waals surface area contributed by atoms with Crippen LogP contribution in [0.1, 0.15) is 57.7 Å². The van der Waals surface area contributed by atoms with Gasteiger partial charge in [-0.05, 0) is 98.0 Å². The number of hydrogen-bond donors (Lipinski definition) is 0. The molecule has 2 aromatic rings. The zero-order chi connectivity index (χ0) is 24.2. The zero-order valence-electron chi connectivity index (χ0n) is 20.5. The molecular weight excluding hydrogens is 448 g/mol. The molecule has 2 aromatic carbocycles. The van der Waals surface area contributed by atoms with Crippen molar-refractivity contribution in [3.05, 3.63) is 52.5 Å². The van der Waals surface area contributed by atoms with Crippen molar-refractivity contribution < 1.29 is 14.6 Å². The SMILES string of the molecule is CC(C)Oc1cc(Cl)cc(-c2ccc3c(c2)CC(C)(C)[C@H]3N(C(=O)[O-])[C@@H]2CN3CCC2CC3)c1. The lowest BCUT2D eigenvalue weighted by Gasteiger charge is -2.53. The Morgan fingerprint density at radius 3 is 2.50 bits per heavy atom. The highest BCUT2D eigenvalue weighted by atomic mass is 35.5. The monoisotopic (exact) mass is 481 g/mol. The molecule has 3 aliphatic heterocycles. The third-order valence-corrected chi connectivity index (χ3v) is 8.09. The number of rotatable bonds is 5. The predicted octanol–water partition coefficient (Wildman–Crippen LogP) is 5.16. The van der Waals surface area contributed by atoms with Crippen molar-refractivity contribution in [2.45, 2.75) is 65.1 Å². The Bertz CT molecular complexity index is 1090. The lowest BCUT2D eigenvalue weighted by Crippen LogP contribution is -2.62. The molecule has 3 fully saturated rings. The molecule has 5 nitrogen and oxygen atoms in total. The Kier molecular flexibility index (Phi) is 6.06. The van der Waals surface area contributed by atoms with E-state index in [2.05, 4.69) is 36.9 Å². The first-order valence-electron chi connectivity index (χ1n) is 12.4. The van der Waals surface area contributed by atoms with Crippen LogP contribution >= 0.6 is 11.6 Å². The molecule has 1 aliphatic carbocycles. The molecule has 0 aromatic heterocycles. The average Bonchev–Trinajstić information content (AvgIpc) is 3.03. The van der Waals surface area contributed by atoms with Gasteiger partial charge in [0.2, 0.25) is 0 Å². The lowest BCUT2D eigenvalue weighted by molar-refractivity contribution is -0.276. The van der Waals surface area contributed by atoms with Gasteiger partial charge in [-0.15, -0.1) is 0 Å². The van der Waals surface area contributed by atoms with Crippen LogP contribution in [0.3, 0.4) is 0 Å². The third-order valence-electron chi connectivity index (χ3n) is 7.87. The summed E-state index contributed by atoms with van der Waals surface area (Å²) in [6, 6.07) is 12.0. The van der Waals surface area contributed by atoms with Gasteiger partial charge < -0.3 is 24.4 Å². The van der Waals surface area contributed by atoms with Gasteiger partial charge in [-0.2, -0.15) is 0 Å². The van der Waals surface area contributed by atoms with Crippen molar-refractivity contribution in [2.75, 3.05) is 19.6 Å². The van der Waals surface area contributed by atoms with Gasteiger partial charge in [0.15, 0.2) is 0 Å². The first kappa shape index (κ1) is 23.5. The minimum absolute atomic E-state index is 0.00562. The molecule has 0 radical (unpaired) electrons. The second-order valence-electron chi connectivity index (χ2n) is 11.2. The molecule has 0 spiro atoms. The van der Waals surface area contributed by atoms with Crippen molar-refractivity contribution in [1.29, 1.82) is 0 Å². The van der Waals surface area contributed by atoms with E-state index in [9.17, 15) is 9.90 Å². The summed E-state index contributed by atoms with van der Waals surface area (Å²) in [7, 11) is 0. The highest BCUT2D eigenvalue weighted by molar-refractivity contribution is 6.31. The van der Waals surface area contributed by atoms with E-state index in [1.807, 2.05) is 32.0 Å². The van der Waals surface area contributed by atoms with Crippen LogP contribution in [-0.2, 0) is 6.42 Å². The second kappa shape index (κ2) is 8.76. The molecule has 6 heteroatoms. The molecule has 2 atom stereocenters. The second-order valence-corrected chi connectivity index (χ2v) is 11.6. The molecule has 1 amide bonds. The summed E-state index contributed by atoms with van der Waals surface area (Å²) in [6.45, 7) is 11.3. The van der Waals surface area contributed by atoms with Crippen LogP contribution in [-0.4, -0.2) is 47.7 Å². The Morgan fingerprint density at radius 2 is 1.88 bits per heavy atom. The summed E-state index contributed by atoms with van der Waals surface area (Å²) in [5.41, 5.74) is 4.16. The maximum atomic E-state index is 12.6. The van der Waals surface area contributed by atoms with Crippen LogP contribution in [0, 0.1) is 11.3 Å². The highest BCUT2D eigenvalue weighted by Crippen LogP contribution is 2.51. The van der Waals surface area contributed by atoms with Crippen LogP contribution in [0.25, 0.3) is 11.1 Å². The van der Waals surface area contributed by atoms with Crippen LogP contribution in [0.4, 0.5) is 4.79 Å². The van der Waals surface area contributed by atoms with E-state index >= 15 is 0 Å². The lowest BCUT2D eigenvalue weighted by atomic mass is 9.79. The van der Waals surface area contributed by atoms with E-state index in [1.54, 1.807) is 4.90 Å². The summed E-state index contributed by atoms with van der Waals surface area (Å²) in [4.78, 5) is 16.7. The number of nitrogens with zero attached hydrogens (tertiary/aromatic N) is 2. The van der Waals surface area contributed by atoms with Crippen molar-refractivity contribution in [3.8, 4) is 16.9 Å². The maximum absolute atomic E-state index is 12.6. The third kappa shape index (κ3) is 4.29. The molecule has 3 heterocycles. The van der Waals surface area contributed by atoms with Crippen LogP contribution < -0.4 is 9.84 Å². The maximum Gasteiger partial charge on any atom is 0.137 e. The van der Waals surface area contributed by atoms with Crippen molar-refractivity contribution in [2.24, 2.45) is 11.3 Å². The molecule has 0 saturated carbocycles. The van der Waals surface area contributed by atoms with Gasteiger partial charge in [0.25, 0.3) is 0 Å². The van der Waals surface area contributed by atoms with Gasteiger partial charge in [0.05, 0.1) is 12.1 Å². The fourth-order valence-corrected chi connectivity index (χ4v) is 6.72. The topological polar surface area (TPSA) is 55.8 Å². The average molecular weight is 482 g/mol. The van der Waals surface area contributed by atoms with Gasteiger partial charge >= 0.3 is 0 Å². The molecule has 2 bridgehead atoms. The molecule has 182 valence electrons. The first-order valence-corrected chi connectivity index (χ1v) is 12.8. The van der Waals surface area contributed by atoms with Crippen molar-refractivity contribution in [1.82, 2.24) is 9.80 Å². The number of carboxylic acid groups (broad SMARTS) is 1. The number of benzene rings is 2. The number of amides is 1. The zero-order valence-corrected chi connectivity index (χ0v) is 21.3. The fraction of sp³-hybridized carbons (Fsp3) is 0.536. The van der Waals surface area contributed by atoms with Crippen LogP contribution in [0.2, 0.25) is 5.02 Å². The molecule has 6 rings (SSSR count). The van der Waals surface area contributed by atoms with E-state index in [1.165, 1.54) is 5.56 Å². The van der Waals surface area contributed by atoms with E-state index < -0.39 is 6.09 Å². The highest BCUT2D eigenvalue weighted by Gasteiger charge is 2.48. The molecule has 34 heavy (non-hydrogen) atoms. The summed E-state index contributed by atoms with van der Waals surface area (Å²) in [5.74, 6) is 1.18. The van der Waals surface area contributed by atoms with Gasteiger partial charge in [-0.1, -0.05) is 43.6 Å². The molecule has 0 unspecified atom stereocenters. The number of hydrogen-bond acceptors (Lipinski definition) is 4. The van der Waals surface area contributed by atoms with Gasteiger partial charge in [-0.25, -0.2) is 0 Å². The van der Waals surface area contributed by atoms with Crippen molar-refractivity contribution >= 4 is 17.7 Å². The Balaban J connectivity index is 1.51. The van der Waals surface area contributed by atoms with Gasteiger partial charge in [-0.3, -0.25) is 0 Å². The molecule has 4 aliphatic rings. The van der Waals surface area contributed by atoms with Crippen LogP contribution in [0.5, 0.6) is 5.75 Å². The summed E-state index contributed by atoms with van der Waals surface area (Å²) in [6.07, 6.45) is 1.99. The molecule has 0 N–H and O–H groups in total. The number of carbonyl (C=O) groups is 1. The summed E-state index contributed by atoms with van der Waals surface area (Å²) < 4.78 is 5.88. The summed E-state index contributed by atoms with van der Waals surface area (Å²) in [5, 5.41) is 13.2. The molecular formula is C28H34ClN2O3-. The van der Waals surface area contributed by atoms with Gasteiger partial charge in [0.1, 0.15) is 11.8 Å². The van der Waals surface area contributed by atoms with E-state index in [0.29, 0.717) is 10.9 Å². The number of carbonyl (C=O) groups excluding carboxylic acids is 1. The molecule has 3 saturated heterocycles. The quantitative estimate of drug-likeness (QED) is 0.592. The van der Waals surface area contributed by atoms with E-state index in [-0.39, 0.29) is 23.6 Å². The predicted molar refractivity (Wildman–Crippen MR) is 133 cm³/mol. The Hall–Kier alpha value is -2.24. The van der Waals surface area contributed by atoms with E-state index in [4.69, 9.17) is 16.3 Å². The first-order chi connectivity index (χ1) is 16.1. The summed E-state index contributed by atoms with van der Waals surface area (Å²) >= 11 is 6.40. The minimum atomic E-state index is -1.04. The smallest absolute Gasteiger partial charge is 0.137 e. The minimum Gasteiger partial charge on any atom is -0.530 e. The van der Waals surface area contributed by atoms with Gasteiger partial charge in [0, 0.05) is 17.6 Å². The van der Waals surface area contributed by atoms with Crippen molar-refractivity contribution in [3.63, 3.8) is 0 Å². The van der Waals surface area contributed by atoms with E-state index in [0.717, 1.165) is 61.3 Å². The fourth-order valence-electron chi connectivity index (χ4n) is 6.49. The number of halogens is 1. The number of piperidine rings is 3. The number of fused-ring (bicyclic) bond motifs is 4. The number of ether oxygens (including phenoxy) is 1. The Labute approximate surface area is 207 Å².